The molecule has 2 aromatic carbocycles. The predicted octanol–water partition coefficient (Wildman–Crippen LogP) is 6.44. The molecule has 23 heavy (non-hydrogen) atoms. The zero-order valence-electron chi connectivity index (χ0n) is 13.2. The molecule has 4 rings (SSSR count). The van der Waals surface area contributed by atoms with Crippen LogP contribution in [0.2, 0.25) is 10.0 Å². The Labute approximate surface area is 147 Å². The molecule has 1 nitrogen and oxygen atoms in total. The molecule has 0 saturated carbocycles. The fourth-order valence-electron chi connectivity index (χ4n) is 4.17. The monoisotopic (exact) mass is 343 g/mol. The van der Waals surface area contributed by atoms with Gasteiger partial charge >= 0.3 is 0 Å². The van der Waals surface area contributed by atoms with Crippen molar-refractivity contribution in [3.63, 3.8) is 0 Å². The first-order chi connectivity index (χ1) is 11.1. The summed E-state index contributed by atoms with van der Waals surface area (Å²) in [7, 11) is 0. The quantitative estimate of drug-likeness (QED) is 0.587. The number of halogens is 2. The summed E-state index contributed by atoms with van der Waals surface area (Å²) in [6, 6.07) is 10.5. The van der Waals surface area contributed by atoms with Crippen molar-refractivity contribution >= 4 is 28.9 Å². The number of rotatable bonds is 1. The van der Waals surface area contributed by atoms with Crippen molar-refractivity contribution in [3.05, 3.63) is 74.8 Å². The number of benzene rings is 2. The van der Waals surface area contributed by atoms with E-state index in [1.807, 2.05) is 18.2 Å². The summed E-state index contributed by atoms with van der Waals surface area (Å²) in [6.07, 6.45) is 5.69. The number of hydrogen-bond acceptors (Lipinski definition) is 1. The molecule has 1 heterocycles. The Morgan fingerprint density at radius 2 is 1.83 bits per heavy atom. The molecular formula is C20H19Cl2N. The summed E-state index contributed by atoms with van der Waals surface area (Å²) in [5.74, 6) is 0.892. The van der Waals surface area contributed by atoms with E-state index in [9.17, 15) is 0 Å². The molecule has 3 atom stereocenters. The number of nitrogens with one attached hydrogen (secondary N) is 1. The van der Waals surface area contributed by atoms with E-state index < -0.39 is 0 Å². The van der Waals surface area contributed by atoms with E-state index in [1.54, 1.807) is 0 Å². The molecule has 0 spiro atoms. The van der Waals surface area contributed by atoms with E-state index in [1.165, 1.54) is 22.4 Å². The second kappa shape index (κ2) is 5.58. The number of allylic oxidation sites excluding steroid dienone is 2. The lowest BCUT2D eigenvalue weighted by atomic mass is 9.76. The van der Waals surface area contributed by atoms with E-state index in [0.29, 0.717) is 11.8 Å². The van der Waals surface area contributed by atoms with Crippen LogP contribution in [0.25, 0.3) is 0 Å². The van der Waals surface area contributed by atoms with Crippen LogP contribution in [-0.4, -0.2) is 0 Å². The van der Waals surface area contributed by atoms with Crippen LogP contribution in [-0.2, 0) is 0 Å². The maximum Gasteiger partial charge on any atom is 0.0583 e. The molecule has 0 amide bonds. The molecule has 118 valence electrons. The fourth-order valence-corrected chi connectivity index (χ4v) is 4.80. The first-order valence-electron chi connectivity index (χ1n) is 8.04. The zero-order valence-corrected chi connectivity index (χ0v) is 14.7. The van der Waals surface area contributed by atoms with Crippen molar-refractivity contribution in [2.45, 2.75) is 32.2 Å². The Hall–Kier alpha value is -1.44. The number of hydrogen-bond donors (Lipinski definition) is 1. The Kier molecular flexibility index (Phi) is 3.66. The van der Waals surface area contributed by atoms with Crippen molar-refractivity contribution < 1.29 is 0 Å². The average Bonchev–Trinajstić information content (AvgIpc) is 2.97. The average molecular weight is 344 g/mol. The van der Waals surface area contributed by atoms with E-state index in [0.717, 1.165) is 22.0 Å². The maximum atomic E-state index is 6.50. The van der Waals surface area contributed by atoms with Gasteiger partial charge in [-0.3, -0.25) is 0 Å². The van der Waals surface area contributed by atoms with Crippen LogP contribution in [0.15, 0.2) is 42.5 Å². The molecule has 1 aliphatic heterocycles. The Balaban J connectivity index is 1.88. The van der Waals surface area contributed by atoms with Gasteiger partial charge in [0.25, 0.3) is 0 Å². The molecule has 0 aromatic heterocycles. The van der Waals surface area contributed by atoms with Gasteiger partial charge in [0.15, 0.2) is 0 Å². The first-order valence-corrected chi connectivity index (χ1v) is 8.80. The lowest BCUT2D eigenvalue weighted by molar-refractivity contribution is 0.425. The van der Waals surface area contributed by atoms with Crippen molar-refractivity contribution in [2.75, 3.05) is 5.32 Å². The van der Waals surface area contributed by atoms with Crippen LogP contribution in [0, 0.1) is 19.8 Å². The van der Waals surface area contributed by atoms with Crippen LogP contribution in [0.1, 0.15) is 40.6 Å². The molecule has 0 radical (unpaired) electrons. The molecular weight excluding hydrogens is 325 g/mol. The van der Waals surface area contributed by atoms with Crippen LogP contribution < -0.4 is 5.32 Å². The topological polar surface area (TPSA) is 12.0 Å². The van der Waals surface area contributed by atoms with Gasteiger partial charge in [0, 0.05) is 27.2 Å². The standard InChI is InChI=1S/C20H19Cl2N/c1-11-9-12(2)19-15(10-11)13-5-3-6-14(13)20(23-19)18-16(21)7-4-8-17(18)22/h3-5,7-10,13-14,20,23H,6H2,1-2H3. The van der Waals surface area contributed by atoms with Crippen molar-refractivity contribution in [1.29, 1.82) is 0 Å². The van der Waals surface area contributed by atoms with Crippen LogP contribution in [0.3, 0.4) is 0 Å². The van der Waals surface area contributed by atoms with Crippen LogP contribution >= 0.6 is 23.2 Å². The third-order valence-corrected chi connectivity index (χ3v) is 5.78. The second-order valence-corrected chi connectivity index (χ2v) is 7.47. The van der Waals surface area contributed by atoms with E-state index in [-0.39, 0.29) is 6.04 Å². The Morgan fingerprint density at radius 1 is 1.09 bits per heavy atom. The van der Waals surface area contributed by atoms with Gasteiger partial charge < -0.3 is 5.32 Å². The second-order valence-electron chi connectivity index (χ2n) is 6.66. The molecule has 1 N–H and O–H groups in total. The molecule has 0 saturated heterocycles. The lowest BCUT2D eigenvalue weighted by Crippen LogP contribution is -2.30. The zero-order chi connectivity index (χ0) is 16.1. The highest BCUT2D eigenvalue weighted by Crippen LogP contribution is 2.52. The largest absolute Gasteiger partial charge is 0.377 e. The summed E-state index contributed by atoms with van der Waals surface area (Å²) in [5, 5.41) is 5.24. The molecule has 3 unspecified atom stereocenters. The number of anilines is 1. The van der Waals surface area contributed by atoms with E-state index in [2.05, 4.69) is 43.4 Å². The lowest BCUT2D eigenvalue weighted by Gasteiger charge is -2.39. The van der Waals surface area contributed by atoms with Crippen molar-refractivity contribution in [2.24, 2.45) is 5.92 Å². The minimum absolute atomic E-state index is 0.144. The number of fused-ring (bicyclic) bond motifs is 3. The van der Waals surface area contributed by atoms with Crippen LogP contribution in [0.5, 0.6) is 0 Å². The highest BCUT2D eigenvalue weighted by atomic mass is 35.5. The maximum absolute atomic E-state index is 6.50. The van der Waals surface area contributed by atoms with Gasteiger partial charge in [-0.15, -0.1) is 0 Å². The van der Waals surface area contributed by atoms with Gasteiger partial charge in [-0.2, -0.15) is 0 Å². The molecule has 3 heteroatoms. The third kappa shape index (κ3) is 2.38. The third-order valence-electron chi connectivity index (χ3n) is 5.12. The van der Waals surface area contributed by atoms with Crippen molar-refractivity contribution in [1.82, 2.24) is 0 Å². The normalized spacial score (nSPS) is 25.0. The Bertz CT molecular complexity index is 789. The van der Waals surface area contributed by atoms with E-state index in [4.69, 9.17) is 23.2 Å². The Morgan fingerprint density at radius 3 is 2.57 bits per heavy atom. The van der Waals surface area contributed by atoms with Gasteiger partial charge in [0.05, 0.1) is 6.04 Å². The molecule has 2 aromatic rings. The molecule has 0 fully saturated rings. The smallest absolute Gasteiger partial charge is 0.0583 e. The summed E-state index contributed by atoms with van der Waals surface area (Å²) < 4.78 is 0. The van der Waals surface area contributed by atoms with Gasteiger partial charge in [0.2, 0.25) is 0 Å². The summed E-state index contributed by atoms with van der Waals surface area (Å²) in [4.78, 5) is 0. The summed E-state index contributed by atoms with van der Waals surface area (Å²) >= 11 is 13.0. The van der Waals surface area contributed by atoms with Gasteiger partial charge in [0.1, 0.15) is 0 Å². The minimum atomic E-state index is 0.144. The van der Waals surface area contributed by atoms with Crippen LogP contribution in [0.4, 0.5) is 5.69 Å². The highest BCUT2D eigenvalue weighted by Gasteiger charge is 2.39. The minimum Gasteiger partial charge on any atom is -0.377 e. The van der Waals surface area contributed by atoms with Gasteiger partial charge in [-0.25, -0.2) is 0 Å². The van der Waals surface area contributed by atoms with E-state index >= 15 is 0 Å². The number of aryl methyl sites for hydroxylation is 2. The SMILES string of the molecule is Cc1cc(C)c2c(c1)C1C=CCC1C(c1c(Cl)cccc1Cl)N2. The summed E-state index contributed by atoms with van der Waals surface area (Å²) in [5.41, 5.74) is 6.27. The molecule has 2 aliphatic rings. The molecule has 0 bridgehead atoms. The van der Waals surface area contributed by atoms with Gasteiger partial charge in [-0.05, 0) is 49.4 Å². The first kappa shape index (κ1) is 15.1. The predicted molar refractivity (Wildman–Crippen MR) is 98.7 cm³/mol. The summed E-state index contributed by atoms with van der Waals surface area (Å²) in [6.45, 7) is 4.33. The van der Waals surface area contributed by atoms with Gasteiger partial charge in [-0.1, -0.05) is 59.1 Å². The highest BCUT2D eigenvalue weighted by molar-refractivity contribution is 6.36. The molecule has 1 aliphatic carbocycles. The fraction of sp³-hybridized carbons (Fsp3) is 0.300. The van der Waals surface area contributed by atoms with Crippen molar-refractivity contribution in [3.8, 4) is 0 Å².